The lowest BCUT2D eigenvalue weighted by molar-refractivity contribution is -0.0498. The van der Waals surface area contributed by atoms with E-state index < -0.39 is 6.61 Å². The van der Waals surface area contributed by atoms with Crippen molar-refractivity contribution < 1.29 is 23.0 Å². The van der Waals surface area contributed by atoms with Crippen LogP contribution in [0.3, 0.4) is 0 Å². The summed E-state index contributed by atoms with van der Waals surface area (Å²) < 4.78 is 34.0. The summed E-state index contributed by atoms with van der Waals surface area (Å²) in [6.45, 7) is 1.62. The first-order chi connectivity index (χ1) is 11.0. The molecule has 1 heterocycles. The molecule has 2 N–H and O–H groups in total. The third kappa shape index (κ3) is 5.35. The van der Waals surface area contributed by atoms with Gasteiger partial charge in [0.05, 0.1) is 18.2 Å². The molecule has 128 valence electrons. The minimum absolute atomic E-state index is 0.0573. The number of hydrogen-bond acceptors (Lipinski definition) is 3. The van der Waals surface area contributed by atoms with Crippen molar-refractivity contribution in [3.05, 3.63) is 29.8 Å². The van der Waals surface area contributed by atoms with E-state index in [-0.39, 0.29) is 30.0 Å². The van der Waals surface area contributed by atoms with Gasteiger partial charge >= 0.3 is 12.6 Å². The van der Waals surface area contributed by atoms with Gasteiger partial charge < -0.3 is 20.1 Å². The monoisotopic (exact) mass is 328 g/mol. The lowest BCUT2D eigenvalue weighted by Gasteiger charge is -2.22. The van der Waals surface area contributed by atoms with Gasteiger partial charge in [0.1, 0.15) is 5.75 Å². The first-order valence-corrected chi connectivity index (χ1v) is 7.69. The van der Waals surface area contributed by atoms with Crippen molar-refractivity contribution in [3.63, 3.8) is 0 Å². The van der Waals surface area contributed by atoms with Crippen molar-refractivity contribution in [1.82, 2.24) is 10.6 Å². The van der Waals surface area contributed by atoms with Gasteiger partial charge in [0.15, 0.2) is 0 Å². The number of halogens is 2. The highest BCUT2D eigenvalue weighted by Crippen LogP contribution is 2.19. The molecule has 0 bridgehead atoms. The smallest absolute Gasteiger partial charge is 0.387 e. The number of hydrogen-bond donors (Lipinski definition) is 2. The molecule has 1 saturated heterocycles. The van der Waals surface area contributed by atoms with Crippen LogP contribution in [0.2, 0.25) is 0 Å². The van der Waals surface area contributed by atoms with Crippen LogP contribution in [0.15, 0.2) is 24.3 Å². The van der Waals surface area contributed by atoms with Crippen molar-refractivity contribution in [2.45, 2.75) is 51.5 Å². The quantitative estimate of drug-likeness (QED) is 0.843. The normalized spacial score (nSPS) is 20.1. The second kappa shape index (κ2) is 8.10. The predicted octanol–water partition coefficient (Wildman–Crippen LogP) is 3.22. The highest BCUT2D eigenvalue weighted by Gasteiger charge is 2.24. The first-order valence-electron chi connectivity index (χ1n) is 7.69. The van der Waals surface area contributed by atoms with Crippen molar-refractivity contribution in [2.75, 3.05) is 6.61 Å². The summed E-state index contributed by atoms with van der Waals surface area (Å²) in [6, 6.07) is 5.59. The second-order valence-electron chi connectivity index (χ2n) is 5.63. The molecule has 0 aromatic heterocycles. The maximum atomic E-state index is 12.1. The number of benzene rings is 1. The second-order valence-corrected chi connectivity index (χ2v) is 5.63. The van der Waals surface area contributed by atoms with E-state index in [4.69, 9.17) is 4.74 Å². The van der Waals surface area contributed by atoms with E-state index in [1.807, 2.05) is 13.8 Å². The van der Waals surface area contributed by atoms with Gasteiger partial charge in [-0.25, -0.2) is 4.79 Å². The van der Waals surface area contributed by atoms with Gasteiger partial charge in [-0.2, -0.15) is 8.78 Å². The number of rotatable bonds is 6. The lowest BCUT2D eigenvalue weighted by atomic mass is 10.1. The van der Waals surface area contributed by atoms with Crippen LogP contribution in [0.1, 0.15) is 38.3 Å². The molecule has 2 rings (SSSR count). The van der Waals surface area contributed by atoms with Crippen molar-refractivity contribution in [3.8, 4) is 5.75 Å². The molecule has 0 saturated carbocycles. The average Bonchev–Trinajstić information content (AvgIpc) is 3.01. The van der Waals surface area contributed by atoms with E-state index in [0.717, 1.165) is 25.0 Å². The van der Waals surface area contributed by atoms with Crippen LogP contribution in [0.5, 0.6) is 5.75 Å². The molecule has 0 radical (unpaired) electrons. The van der Waals surface area contributed by atoms with Crippen LogP contribution in [0.4, 0.5) is 13.6 Å². The number of urea groups is 1. The van der Waals surface area contributed by atoms with Gasteiger partial charge in [-0.15, -0.1) is 0 Å². The Hall–Kier alpha value is -1.89. The van der Waals surface area contributed by atoms with Crippen LogP contribution in [0, 0.1) is 0 Å². The maximum absolute atomic E-state index is 12.1. The Bertz CT molecular complexity index is 505. The van der Waals surface area contributed by atoms with Crippen LogP contribution in [-0.2, 0) is 4.74 Å². The van der Waals surface area contributed by atoms with Crippen molar-refractivity contribution in [1.29, 1.82) is 0 Å². The standard InChI is InChI=1S/C16H22F2N2O3/c1-10(12-5-7-13(8-6-12)23-15(17)18)19-16(21)20-11(2)14-4-3-9-22-14/h5-8,10-11,14-15H,3-4,9H2,1-2H3,(H2,19,20,21). The molecule has 5 nitrogen and oxygen atoms in total. The Morgan fingerprint density at radius 2 is 1.96 bits per heavy atom. The van der Waals surface area contributed by atoms with Crippen LogP contribution >= 0.6 is 0 Å². The molecule has 0 spiro atoms. The Kier molecular flexibility index (Phi) is 6.15. The summed E-state index contributed by atoms with van der Waals surface area (Å²) >= 11 is 0. The fourth-order valence-electron chi connectivity index (χ4n) is 2.56. The summed E-state index contributed by atoms with van der Waals surface area (Å²) in [4.78, 5) is 12.0. The number of amides is 2. The number of nitrogens with one attached hydrogen (secondary N) is 2. The third-order valence-electron chi connectivity index (χ3n) is 3.83. The van der Waals surface area contributed by atoms with Gasteiger partial charge in [-0.1, -0.05) is 12.1 Å². The molecule has 2 amide bonds. The topological polar surface area (TPSA) is 59.6 Å². The SMILES string of the molecule is CC(NC(=O)NC(C)C1CCCO1)c1ccc(OC(F)F)cc1. The minimum atomic E-state index is -2.85. The third-order valence-corrected chi connectivity index (χ3v) is 3.83. The van der Waals surface area contributed by atoms with Crippen molar-refractivity contribution in [2.24, 2.45) is 0 Å². The molecule has 1 aromatic carbocycles. The molecule has 1 aliphatic rings. The Morgan fingerprint density at radius 1 is 1.26 bits per heavy atom. The molecule has 7 heteroatoms. The zero-order valence-electron chi connectivity index (χ0n) is 13.2. The molecule has 0 aliphatic carbocycles. The molecule has 1 aliphatic heterocycles. The van der Waals surface area contributed by atoms with Gasteiger partial charge in [-0.3, -0.25) is 0 Å². The molecular formula is C16H22F2N2O3. The Labute approximate surface area is 134 Å². The predicted molar refractivity (Wildman–Crippen MR) is 81.6 cm³/mol. The van der Waals surface area contributed by atoms with E-state index in [1.165, 1.54) is 12.1 Å². The zero-order chi connectivity index (χ0) is 16.8. The lowest BCUT2D eigenvalue weighted by Crippen LogP contribution is -2.46. The van der Waals surface area contributed by atoms with E-state index in [9.17, 15) is 13.6 Å². The number of alkyl halides is 2. The number of carbonyl (C=O) groups excluding carboxylic acids is 1. The van der Waals surface area contributed by atoms with E-state index in [1.54, 1.807) is 12.1 Å². The van der Waals surface area contributed by atoms with Gasteiger partial charge in [0.2, 0.25) is 0 Å². The molecule has 3 unspecified atom stereocenters. The largest absolute Gasteiger partial charge is 0.435 e. The number of carbonyl (C=O) groups is 1. The van der Waals surface area contributed by atoms with E-state index in [0.29, 0.717) is 0 Å². The summed E-state index contributed by atoms with van der Waals surface area (Å²) in [5.41, 5.74) is 0.798. The summed E-state index contributed by atoms with van der Waals surface area (Å²) in [6.07, 6.45) is 2.02. The Balaban J connectivity index is 1.82. The zero-order valence-corrected chi connectivity index (χ0v) is 13.2. The van der Waals surface area contributed by atoms with E-state index >= 15 is 0 Å². The molecule has 1 aromatic rings. The van der Waals surface area contributed by atoms with Gasteiger partial charge in [0, 0.05) is 6.61 Å². The van der Waals surface area contributed by atoms with Gasteiger partial charge in [0.25, 0.3) is 0 Å². The number of ether oxygens (including phenoxy) is 2. The molecule has 3 atom stereocenters. The van der Waals surface area contributed by atoms with Crippen molar-refractivity contribution >= 4 is 6.03 Å². The molecule has 1 fully saturated rings. The maximum Gasteiger partial charge on any atom is 0.387 e. The van der Waals surface area contributed by atoms with Gasteiger partial charge in [-0.05, 0) is 44.4 Å². The van der Waals surface area contributed by atoms with Crippen LogP contribution in [0.25, 0.3) is 0 Å². The summed E-state index contributed by atoms with van der Waals surface area (Å²) in [5.74, 6) is 0.0902. The first kappa shape index (κ1) is 17.5. The highest BCUT2D eigenvalue weighted by molar-refractivity contribution is 5.74. The summed E-state index contributed by atoms with van der Waals surface area (Å²) in [5, 5.41) is 5.68. The fraction of sp³-hybridized carbons (Fsp3) is 0.562. The summed E-state index contributed by atoms with van der Waals surface area (Å²) in [7, 11) is 0. The molecular weight excluding hydrogens is 306 g/mol. The van der Waals surface area contributed by atoms with Crippen LogP contribution < -0.4 is 15.4 Å². The fourth-order valence-corrected chi connectivity index (χ4v) is 2.56. The highest BCUT2D eigenvalue weighted by atomic mass is 19.3. The molecule has 23 heavy (non-hydrogen) atoms. The van der Waals surface area contributed by atoms with E-state index in [2.05, 4.69) is 15.4 Å². The Morgan fingerprint density at radius 3 is 2.52 bits per heavy atom. The minimum Gasteiger partial charge on any atom is -0.435 e. The average molecular weight is 328 g/mol. The van der Waals surface area contributed by atoms with Crippen LogP contribution in [-0.4, -0.2) is 31.4 Å².